The summed E-state index contributed by atoms with van der Waals surface area (Å²) in [5.41, 5.74) is 2.34. The monoisotopic (exact) mass is 507 g/mol. The molecule has 1 saturated carbocycles. The van der Waals surface area contributed by atoms with E-state index in [1.165, 1.54) is 6.26 Å². The highest BCUT2D eigenvalue weighted by Gasteiger charge is 2.55. The van der Waals surface area contributed by atoms with Gasteiger partial charge in [0.2, 0.25) is 0 Å². The first-order valence-corrected chi connectivity index (χ1v) is 13.8. The van der Waals surface area contributed by atoms with Crippen molar-refractivity contribution in [1.82, 2.24) is 15.3 Å². The van der Waals surface area contributed by atoms with Crippen molar-refractivity contribution in [2.75, 3.05) is 49.4 Å². The minimum atomic E-state index is -2.81. The van der Waals surface area contributed by atoms with Crippen LogP contribution < -0.4 is 15.5 Å². The van der Waals surface area contributed by atoms with E-state index in [1.54, 1.807) is 0 Å². The third-order valence-corrected chi connectivity index (χ3v) is 8.65. The molecule has 1 aromatic carbocycles. The molecule has 1 atom stereocenters. The SMILES string of the molecule is C[C@H]1COCCN1c1cc(C2(S(C)(O)O)CC2)nc(-c2ccc(NC(=S)NCCCO)cc2)n1. The molecule has 0 amide bonds. The summed E-state index contributed by atoms with van der Waals surface area (Å²) in [6.45, 7) is 4.77. The van der Waals surface area contributed by atoms with Crippen LogP contribution in [-0.4, -0.2) is 74.5 Å². The second kappa shape index (κ2) is 10.3. The highest BCUT2D eigenvalue weighted by molar-refractivity contribution is 8.24. The van der Waals surface area contributed by atoms with Crippen LogP contribution in [0.5, 0.6) is 0 Å². The first kappa shape index (κ1) is 25.1. The fourth-order valence-electron chi connectivity index (χ4n) is 4.12. The highest BCUT2D eigenvalue weighted by atomic mass is 32.3. The zero-order chi connectivity index (χ0) is 24.3. The van der Waals surface area contributed by atoms with Gasteiger partial charge >= 0.3 is 0 Å². The molecule has 1 saturated heterocycles. The molecule has 5 N–H and O–H groups in total. The van der Waals surface area contributed by atoms with Gasteiger partial charge in [-0.25, -0.2) is 9.97 Å². The molecule has 2 aromatic rings. The molecule has 4 rings (SSSR count). The Morgan fingerprint density at radius 1 is 1.26 bits per heavy atom. The van der Waals surface area contributed by atoms with Crippen molar-refractivity contribution in [3.05, 3.63) is 36.0 Å². The summed E-state index contributed by atoms with van der Waals surface area (Å²) >= 11 is 5.29. The number of hydrogen-bond donors (Lipinski definition) is 5. The van der Waals surface area contributed by atoms with Crippen LogP contribution in [0, 0.1) is 0 Å². The van der Waals surface area contributed by atoms with Crippen LogP contribution in [0.4, 0.5) is 11.5 Å². The lowest BCUT2D eigenvalue weighted by Crippen LogP contribution is -2.44. The molecule has 0 radical (unpaired) electrons. The molecule has 2 heterocycles. The average Bonchev–Trinajstić information content (AvgIpc) is 3.62. The second-order valence-electron chi connectivity index (χ2n) is 8.92. The summed E-state index contributed by atoms with van der Waals surface area (Å²) in [6.07, 6.45) is 3.53. The molecule has 34 heavy (non-hydrogen) atoms. The maximum atomic E-state index is 10.6. The third-order valence-electron chi connectivity index (χ3n) is 6.31. The van der Waals surface area contributed by atoms with Crippen LogP contribution in [0.2, 0.25) is 0 Å². The molecule has 186 valence electrons. The quantitative estimate of drug-likeness (QED) is 0.268. The summed E-state index contributed by atoms with van der Waals surface area (Å²) in [5, 5.41) is 15.6. The number of rotatable bonds is 8. The number of aliphatic hydroxyl groups excluding tert-OH is 1. The first-order chi connectivity index (χ1) is 16.2. The fraction of sp³-hybridized carbons (Fsp3) is 0.522. The van der Waals surface area contributed by atoms with Crippen LogP contribution in [0.1, 0.15) is 31.9 Å². The molecule has 1 aliphatic carbocycles. The number of aliphatic hydroxyl groups is 1. The molecule has 0 spiro atoms. The van der Waals surface area contributed by atoms with E-state index in [4.69, 9.17) is 32.0 Å². The van der Waals surface area contributed by atoms with E-state index in [0.29, 0.717) is 55.7 Å². The Balaban J connectivity index is 1.62. The van der Waals surface area contributed by atoms with Crippen molar-refractivity contribution in [2.24, 2.45) is 0 Å². The van der Waals surface area contributed by atoms with E-state index >= 15 is 0 Å². The van der Waals surface area contributed by atoms with E-state index in [9.17, 15) is 9.11 Å². The zero-order valence-corrected chi connectivity index (χ0v) is 21.2. The predicted octanol–water partition coefficient (Wildman–Crippen LogP) is 3.41. The van der Waals surface area contributed by atoms with Crippen LogP contribution in [0.3, 0.4) is 0 Å². The Hall–Kier alpha value is -2.02. The van der Waals surface area contributed by atoms with Gasteiger partial charge in [-0.05, 0) is 62.7 Å². The van der Waals surface area contributed by atoms with Gasteiger partial charge in [0.05, 0.1) is 24.9 Å². The molecule has 1 aromatic heterocycles. The summed E-state index contributed by atoms with van der Waals surface area (Å²) in [4.78, 5) is 11.9. The van der Waals surface area contributed by atoms with Crippen molar-refractivity contribution >= 4 is 39.4 Å². The summed E-state index contributed by atoms with van der Waals surface area (Å²) in [7, 11) is -2.81. The average molecular weight is 508 g/mol. The largest absolute Gasteiger partial charge is 0.396 e. The maximum absolute atomic E-state index is 10.6. The van der Waals surface area contributed by atoms with Crippen molar-refractivity contribution in [2.45, 2.75) is 37.0 Å². The third kappa shape index (κ3) is 5.45. The summed E-state index contributed by atoms with van der Waals surface area (Å²) in [6, 6.07) is 9.74. The minimum Gasteiger partial charge on any atom is -0.396 e. The number of nitrogens with one attached hydrogen (secondary N) is 2. The smallest absolute Gasteiger partial charge is 0.170 e. The normalized spacial score (nSPS) is 20.0. The van der Waals surface area contributed by atoms with Crippen molar-refractivity contribution in [3.63, 3.8) is 0 Å². The van der Waals surface area contributed by atoms with Crippen LogP contribution in [0.25, 0.3) is 11.4 Å². The number of morpholine rings is 1. The second-order valence-corrected chi connectivity index (χ2v) is 11.8. The fourth-order valence-corrected chi connectivity index (χ4v) is 5.72. The number of anilines is 2. The van der Waals surface area contributed by atoms with Crippen molar-refractivity contribution in [1.29, 1.82) is 0 Å². The van der Waals surface area contributed by atoms with Gasteiger partial charge in [-0.2, -0.15) is 10.6 Å². The molecule has 2 aliphatic rings. The van der Waals surface area contributed by atoms with Gasteiger partial charge in [0.25, 0.3) is 0 Å². The number of hydrogen-bond acceptors (Lipinski definition) is 8. The van der Waals surface area contributed by atoms with E-state index in [2.05, 4.69) is 22.5 Å². The van der Waals surface area contributed by atoms with E-state index in [1.807, 2.05) is 30.3 Å². The van der Waals surface area contributed by atoms with Gasteiger partial charge < -0.3 is 25.4 Å². The molecule has 2 fully saturated rings. The Bertz CT molecular complexity index is 1010. The molecule has 1 aliphatic heterocycles. The van der Waals surface area contributed by atoms with Crippen LogP contribution in [0.15, 0.2) is 30.3 Å². The van der Waals surface area contributed by atoms with Crippen LogP contribution >= 0.6 is 22.8 Å². The van der Waals surface area contributed by atoms with E-state index in [0.717, 1.165) is 23.6 Å². The van der Waals surface area contributed by atoms with E-state index < -0.39 is 15.3 Å². The number of benzene rings is 1. The van der Waals surface area contributed by atoms with Gasteiger partial charge in [0.1, 0.15) is 10.6 Å². The van der Waals surface area contributed by atoms with E-state index in [-0.39, 0.29) is 12.6 Å². The summed E-state index contributed by atoms with van der Waals surface area (Å²) in [5.74, 6) is 1.33. The predicted molar refractivity (Wildman–Crippen MR) is 141 cm³/mol. The van der Waals surface area contributed by atoms with Crippen molar-refractivity contribution in [3.8, 4) is 11.4 Å². The Labute approximate surface area is 207 Å². The zero-order valence-electron chi connectivity index (χ0n) is 19.5. The van der Waals surface area contributed by atoms with Crippen molar-refractivity contribution < 1.29 is 18.9 Å². The lowest BCUT2D eigenvalue weighted by Gasteiger charge is -2.38. The topological polar surface area (TPSA) is 123 Å². The number of ether oxygens (including phenoxy) is 1. The number of nitrogens with zero attached hydrogens (tertiary/aromatic N) is 3. The number of thiocarbonyl (C=S) groups is 1. The van der Waals surface area contributed by atoms with Gasteiger partial charge in [-0.3, -0.25) is 9.11 Å². The molecule has 0 unspecified atom stereocenters. The molecule has 11 heteroatoms. The molecule has 9 nitrogen and oxygen atoms in total. The molecular weight excluding hydrogens is 474 g/mol. The van der Waals surface area contributed by atoms with Gasteiger partial charge in [-0.15, -0.1) is 0 Å². The summed E-state index contributed by atoms with van der Waals surface area (Å²) < 4.78 is 26.0. The number of aromatic nitrogens is 2. The van der Waals surface area contributed by atoms with Gasteiger partial charge in [0, 0.05) is 43.3 Å². The lowest BCUT2D eigenvalue weighted by atomic mass is 10.1. The standard InChI is InChI=1S/C23H33N5O4S2/c1-16-15-32-13-11-28(16)20-14-19(23(8-9-23)34(2,30)31)26-21(27-20)17-4-6-18(7-5-17)25-22(33)24-10-3-12-29/h4-7,14,16,29-31H,3,8-13,15H2,1-2H3,(H2,24,25,33)/t16-/m0/s1. The maximum Gasteiger partial charge on any atom is 0.170 e. The highest BCUT2D eigenvalue weighted by Crippen LogP contribution is 2.69. The van der Waals surface area contributed by atoms with Gasteiger partial charge in [0.15, 0.2) is 10.9 Å². The lowest BCUT2D eigenvalue weighted by molar-refractivity contribution is 0.0985. The molecular formula is C23H33N5O4S2. The molecule has 0 bridgehead atoms. The van der Waals surface area contributed by atoms with Crippen LogP contribution in [-0.2, 0) is 9.48 Å². The Morgan fingerprint density at radius 2 is 2.00 bits per heavy atom. The Kier molecular flexibility index (Phi) is 7.60. The van der Waals surface area contributed by atoms with Gasteiger partial charge in [-0.1, -0.05) is 0 Å². The Morgan fingerprint density at radius 3 is 2.62 bits per heavy atom. The minimum absolute atomic E-state index is 0.114. The first-order valence-electron chi connectivity index (χ1n) is 11.5.